The Hall–Kier alpha value is -4.30. The highest BCUT2D eigenvalue weighted by atomic mass is 32.2. The van der Waals surface area contributed by atoms with Crippen LogP contribution in [0.1, 0.15) is 73.1 Å². The van der Waals surface area contributed by atoms with Crippen LogP contribution in [0.4, 0.5) is 5.69 Å². The average molecular weight is 616 g/mol. The fraction of sp³-hybridized carbons (Fsp3) is 0.306. The van der Waals surface area contributed by atoms with Crippen molar-refractivity contribution in [1.82, 2.24) is 0 Å². The van der Waals surface area contributed by atoms with E-state index in [1.54, 1.807) is 37.4 Å². The first-order valence-electron chi connectivity index (χ1n) is 14.5. The second kappa shape index (κ2) is 13.1. The molecule has 4 aromatic rings. The Kier molecular flexibility index (Phi) is 9.74. The minimum absolute atomic E-state index is 0.141. The number of hydrogen-bond donors (Lipinski definition) is 1. The lowest BCUT2D eigenvalue weighted by Crippen LogP contribution is -2.17. The van der Waals surface area contributed by atoms with Crippen LogP contribution in [-0.2, 0) is 21.7 Å². The summed E-state index contributed by atoms with van der Waals surface area (Å²) in [5.74, 6) is 0.924. The van der Waals surface area contributed by atoms with E-state index in [1.807, 2.05) is 45.0 Å². The normalized spacial score (nSPS) is 11.8. The molecule has 1 amide bonds. The molecule has 0 bridgehead atoms. The summed E-state index contributed by atoms with van der Waals surface area (Å²) in [4.78, 5) is 14.1. The zero-order chi connectivity index (χ0) is 32.2. The van der Waals surface area contributed by atoms with E-state index in [-0.39, 0.29) is 26.5 Å². The van der Waals surface area contributed by atoms with Gasteiger partial charge in [-0.2, -0.15) is 0 Å². The Morgan fingerprint density at radius 1 is 0.773 bits per heavy atom. The summed E-state index contributed by atoms with van der Waals surface area (Å²) in [6.45, 7) is 10.2. The van der Waals surface area contributed by atoms with E-state index in [0.717, 1.165) is 16.7 Å². The van der Waals surface area contributed by atoms with Crippen LogP contribution >= 0.6 is 0 Å². The van der Waals surface area contributed by atoms with Gasteiger partial charge in [0.2, 0.25) is 15.6 Å². The summed E-state index contributed by atoms with van der Waals surface area (Å²) in [6.07, 6.45) is 0.515. The van der Waals surface area contributed by atoms with Crippen LogP contribution in [0.3, 0.4) is 0 Å². The van der Waals surface area contributed by atoms with Crippen LogP contribution in [0.25, 0.3) is 0 Å². The second-order valence-electron chi connectivity index (χ2n) is 11.9. The molecule has 0 fully saturated rings. The third-order valence-corrected chi connectivity index (χ3v) is 9.42. The van der Waals surface area contributed by atoms with Crippen molar-refractivity contribution in [3.8, 4) is 17.2 Å². The number of carbonyl (C=O) groups excluding carboxylic acids is 1. The van der Waals surface area contributed by atoms with Crippen molar-refractivity contribution in [2.24, 2.45) is 0 Å². The monoisotopic (exact) mass is 615 g/mol. The third-order valence-electron chi connectivity index (χ3n) is 7.59. The molecular formula is C36H41NO6S. The quantitative estimate of drug-likeness (QED) is 0.196. The molecule has 0 aliphatic carbocycles. The molecular weight excluding hydrogens is 574 g/mol. The maximum atomic E-state index is 13.7. The van der Waals surface area contributed by atoms with Gasteiger partial charge in [-0.15, -0.1) is 0 Å². The Labute approximate surface area is 261 Å². The molecule has 0 saturated carbocycles. The van der Waals surface area contributed by atoms with Crippen molar-refractivity contribution >= 4 is 21.4 Å². The van der Waals surface area contributed by atoms with E-state index in [2.05, 4.69) is 31.3 Å². The largest absolute Gasteiger partial charge is 0.492 e. The molecule has 4 aromatic carbocycles. The van der Waals surface area contributed by atoms with Crippen LogP contribution in [0, 0.1) is 0 Å². The van der Waals surface area contributed by atoms with E-state index >= 15 is 0 Å². The first-order valence-corrected chi connectivity index (χ1v) is 16.0. The molecule has 8 heteroatoms. The molecule has 0 spiro atoms. The van der Waals surface area contributed by atoms with Crippen LogP contribution in [0.2, 0.25) is 0 Å². The summed E-state index contributed by atoms with van der Waals surface area (Å²) >= 11 is 0. The lowest BCUT2D eigenvalue weighted by atomic mass is 9.87. The predicted octanol–water partition coefficient (Wildman–Crippen LogP) is 7.81. The van der Waals surface area contributed by atoms with E-state index in [1.165, 1.54) is 31.9 Å². The number of amides is 1. The molecule has 0 aromatic heterocycles. The molecule has 0 aliphatic rings. The number of carbonyl (C=O) groups is 1. The number of anilines is 1. The highest BCUT2D eigenvalue weighted by Crippen LogP contribution is 2.44. The van der Waals surface area contributed by atoms with Gasteiger partial charge in [0.15, 0.2) is 11.5 Å². The summed E-state index contributed by atoms with van der Waals surface area (Å²) in [5.41, 5.74) is 4.16. The molecule has 0 atom stereocenters. The smallest absolute Gasteiger partial charge is 0.259 e. The van der Waals surface area contributed by atoms with Crippen LogP contribution in [-0.4, -0.2) is 35.7 Å². The van der Waals surface area contributed by atoms with Gasteiger partial charge < -0.3 is 19.5 Å². The highest BCUT2D eigenvalue weighted by molar-refractivity contribution is 7.91. The standard InChI is InChI=1S/C36H41NO6S/c1-23(2)28-14-10-9-13-24(28)21-25-22-29(33(42-7)34(43-8)32(25)41-6)35(38)37-26-17-19-27(20-18-26)44(39,40)31-16-12-11-15-30(31)36(3,4)5/h9-20,22-23H,21H2,1-8H3,(H,37,38). The lowest BCUT2D eigenvalue weighted by molar-refractivity contribution is 0.102. The zero-order valence-electron chi connectivity index (χ0n) is 26.6. The number of methoxy groups -OCH3 is 3. The van der Waals surface area contributed by atoms with Gasteiger partial charge in [0.1, 0.15) is 0 Å². The number of rotatable bonds is 10. The first kappa shape index (κ1) is 32.6. The molecule has 0 radical (unpaired) electrons. The highest BCUT2D eigenvalue weighted by Gasteiger charge is 2.28. The van der Waals surface area contributed by atoms with Gasteiger partial charge in [-0.3, -0.25) is 4.79 Å². The fourth-order valence-electron chi connectivity index (χ4n) is 5.42. The van der Waals surface area contributed by atoms with Gasteiger partial charge >= 0.3 is 0 Å². The summed E-state index contributed by atoms with van der Waals surface area (Å²) in [7, 11) is 0.748. The van der Waals surface area contributed by atoms with Gasteiger partial charge in [0.05, 0.1) is 36.7 Å². The molecule has 0 aliphatic heterocycles. The summed E-state index contributed by atoms with van der Waals surface area (Å²) < 4.78 is 44.3. The molecule has 0 unspecified atom stereocenters. The fourth-order valence-corrected chi connectivity index (χ4v) is 7.09. The van der Waals surface area contributed by atoms with Crippen molar-refractivity contribution in [2.75, 3.05) is 26.6 Å². The molecule has 7 nitrogen and oxygen atoms in total. The minimum Gasteiger partial charge on any atom is -0.492 e. The Morgan fingerprint density at radius 3 is 1.95 bits per heavy atom. The Morgan fingerprint density at radius 2 is 1.36 bits per heavy atom. The lowest BCUT2D eigenvalue weighted by Gasteiger charge is -2.22. The molecule has 4 rings (SSSR count). The topological polar surface area (TPSA) is 90.9 Å². The minimum atomic E-state index is -3.79. The van der Waals surface area contributed by atoms with Crippen LogP contribution < -0.4 is 19.5 Å². The second-order valence-corrected chi connectivity index (χ2v) is 13.9. The van der Waals surface area contributed by atoms with Crippen molar-refractivity contribution in [3.63, 3.8) is 0 Å². The zero-order valence-corrected chi connectivity index (χ0v) is 27.5. The number of nitrogens with one attached hydrogen (secondary N) is 1. The third kappa shape index (κ3) is 6.60. The van der Waals surface area contributed by atoms with Crippen LogP contribution in [0.5, 0.6) is 17.2 Å². The van der Waals surface area contributed by atoms with Crippen molar-refractivity contribution in [1.29, 1.82) is 0 Å². The molecule has 1 N–H and O–H groups in total. The number of hydrogen-bond acceptors (Lipinski definition) is 6. The van der Waals surface area contributed by atoms with E-state index < -0.39 is 15.7 Å². The number of ether oxygens (including phenoxy) is 3. The van der Waals surface area contributed by atoms with E-state index in [4.69, 9.17) is 14.2 Å². The van der Waals surface area contributed by atoms with Gasteiger partial charge in [-0.1, -0.05) is 77.1 Å². The molecule has 44 heavy (non-hydrogen) atoms. The van der Waals surface area contributed by atoms with E-state index in [0.29, 0.717) is 29.5 Å². The SMILES string of the molecule is COc1c(Cc2ccccc2C(C)C)cc(C(=O)Nc2ccc(S(=O)(=O)c3ccccc3C(C)(C)C)cc2)c(OC)c1OC. The summed E-state index contributed by atoms with van der Waals surface area (Å²) in [6, 6.07) is 23.2. The summed E-state index contributed by atoms with van der Waals surface area (Å²) in [5, 5.41) is 2.89. The average Bonchev–Trinajstić information content (AvgIpc) is 3.00. The first-order chi connectivity index (χ1) is 20.8. The number of sulfone groups is 1. The Bertz CT molecular complexity index is 1750. The van der Waals surface area contributed by atoms with Crippen LogP contribution in [0.15, 0.2) is 88.7 Å². The van der Waals surface area contributed by atoms with Crippen molar-refractivity contribution in [2.45, 2.75) is 62.2 Å². The Balaban J connectivity index is 1.69. The van der Waals surface area contributed by atoms with Gasteiger partial charge in [0.25, 0.3) is 5.91 Å². The number of benzene rings is 4. The maximum Gasteiger partial charge on any atom is 0.259 e. The molecule has 0 heterocycles. The maximum absolute atomic E-state index is 13.7. The van der Waals surface area contributed by atoms with E-state index in [9.17, 15) is 13.2 Å². The van der Waals surface area contributed by atoms with Gasteiger partial charge in [-0.05, 0) is 64.4 Å². The predicted molar refractivity (Wildman–Crippen MR) is 174 cm³/mol. The van der Waals surface area contributed by atoms with Crippen molar-refractivity contribution < 1.29 is 27.4 Å². The molecule has 0 saturated heterocycles. The molecule has 232 valence electrons. The van der Waals surface area contributed by atoms with Crippen molar-refractivity contribution in [3.05, 3.63) is 107 Å². The van der Waals surface area contributed by atoms with Gasteiger partial charge in [-0.25, -0.2) is 8.42 Å². The van der Waals surface area contributed by atoms with Gasteiger partial charge in [0, 0.05) is 17.7 Å².